The fourth-order valence-corrected chi connectivity index (χ4v) is 2.53. The van der Waals surface area contributed by atoms with Crippen LogP contribution in [-0.4, -0.2) is 6.54 Å². The highest BCUT2D eigenvalue weighted by atomic mass is 14.6. The molecule has 0 bridgehead atoms. The summed E-state index contributed by atoms with van der Waals surface area (Å²) >= 11 is 0. The minimum atomic E-state index is 0.758. The van der Waals surface area contributed by atoms with Crippen LogP contribution in [0.3, 0.4) is 0 Å². The molecule has 14 heavy (non-hydrogen) atoms. The van der Waals surface area contributed by atoms with Gasteiger partial charge in [0.25, 0.3) is 0 Å². The van der Waals surface area contributed by atoms with E-state index in [-0.39, 0.29) is 0 Å². The molecule has 2 atom stereocenters. The van der Waals surface area contributed by atoms with E-state index in [1.807, 2.05) is 0 Å². The van der Waals surface area contributed by atoms with Crippen LogP contribution in [0, 0.1) is 5.92 Å². The minimum Gasteiger partial charge on any atom is -0.330 e. The predicted molar refractivity (Wildman–Crippen MR) is 60.2 cm³/mol. The Morgan fingerprint density at radius 3 is 2.64 bits per heavy atom. The van der Waals surface area contributed by atoms with Gasteiger partial charge in [-0.25, -0.2) is 0 Å². The van der Waals surface area contributed by atoms with Crippen LogP contribution in [0.5, 0.6) is 0 Å². The molecular formula is C13H19N. The first-order valence-electron chi connectivity index (χ1n) is 5.65. The lowest BCUT2D eigenvalue weighted by Crippen LogP contribution is -2.21. The van der Waals surface area contributed by atoms with Gasteiger partial charge in [0, 0.05) is 0 Å². The van der Waals surface area contributed by atoms with Crippen molar-refractivity contribution in [3.8, 4) is 0 Å². The zero-order valence-electron chi connectivity index (χ0n) is 8.65. The molecule has 1 saturated carbocycles. The predicted octanol–water partition coefficient (Wildman–Crippen LogP) is 2.92. The fraction of sp³-hybridized carbons (Fsp3) is 0.538. The van der Waals surface area contributed by atoms with Gasteiger partial charge in [-0.05, 0) is 43.2 Å². The molecule has 0 radical (unpaired) electrons. The topological polar surface area (TPSA) is 26.0 Å². The van der Waals surface area contributed by atoms with Crippen molar-refractivity contribution < 1.29 is 0 Å². The first-order valence-corrected chi connectivity index (χ1v) is 5.65. The smallest absolute Gasteiger partial charge is 0.00486 e. The molecule has 1 fully saturated rings. The van der Waals surface area contributed by atoms with Crippen LogP contribution in [0.4, 0.5) is 0 Å². The zero-order valence-corrected chi connectivity index (χ0v) is 8.65. The molecule has 0 saturated heterocycles. The molecule has 1 aliphatic carbocycles. The number of hydrogen-bond donors (Lipinski definition) is 1. The third-order valence-corrected chi connectivity index (χ3v) is 3.39. The third-order valence-electron chi connectivity index (χ3n) is 3.39. The van der Waals surface area contributed by atoms with Crippen LogP contribution in [0.25, 0.3) is 0 Å². The molecule has 0 aliphatic heterocycles. The van der Waals surface area contributed by atoms with Crippen LogP contribution in [0.1, 0.15) is 37.2 Å². The van der Waals surface area contributed by atoms with E-state index in [4.69, 9.17) is 5.73 Å². The maximum absolute atomic E-state index is 5.74. The molecule has 1 aliphatic rings. The third kappa shape index (κ3) is 2.16. The average Bonchev–Trinajstić information content (AvgIpc) is 2.30. The highest BCUT2D eigenvalue weighted by molar-refractivity contribution is 5.19. The largest absolute Gasteiger partial charge is 0.330 e. The van der Waals surface area contributed by atoms with E-state index < -0.39 is 0 Å². The SMILES string of the molecule is NC[C@@H]1CCC[C@@H](c2ccccc2)C1. The lowest BCUT2D eigenvalue weighted by atomic mass is 9.78. The van der Waals surface area contributed by atoms with Gasteiger partial charge in [-0.2, -0.15) is 0 Å². The first-order chi connectivity index (χ1) is 6.90. The Labute approximate surface area is 86.3 Å². The molecule has 0 amide bonds. The average molecular weight is 189 g/mol. The second kappa shape index (κ2) is 4.61. The van der Waals surface area contributed by atoms with E-state index >= 15 is 0 Å². The van der Waals surface area contributed by atoms with Gasteiger partial charge in [-0.3, -0.25) is 0 Å². The lowest BCUT2D eigenvalue weighted by Gasteiger charge is -2.28. The second-order valence-corrected chi connectivity index (χ2v) is 4.38. The molecule has 1 aromatic carbocycles. The summed E-state index contributed by atoms with van der Waals surface area (Å²) in [6.45, 7) is 0.864. The Morgan fingerprint density at radius 1 is 1.14 bits per heavy atom. The Kier molecular flexibility index (Phi) is 3.20. The molecule has 1 aromatic rings. The second-order valence-electron chi connectivity index (χ2n) is 4.38. The van der Waals surface area contributed by atoms with Gasteiger partial charge in [0.2, 0.25) is 0 Å². The van der Waals surface area contributed by atoms with Crippen LogP contribution < -0.4 is 5.73 Å². The van der Waals surface area contributed by atoms with Crippen LogP contribution in [-0.2, 0) is 0 Å². The van der Waals surface area contributed by atoms with E-state index in [1.165, 1.54) is 31.2 Å². The highest BCUT2D eigenvalue weighted by Gasteiger charge is 2.21. The van der Waals surface area contributed by atoms with Crippen LogP contribution in [0.15, 0.2) is 30.3 Å². The van der Waals surface area contributed by atoms with Crippen LogP contribution in [0.2, 0.25) is 0 Å². The van der Waals surface area contributed by atoms with Gasteiger partial charge in [0.15, 0.2) is 0 Å². The number of hydrogen-bond acceptors (Lipinski definition) is 1. The summed E-state index contributed by atoms with van der Waals surface area (Å²) in [5.41, 5.74) is 7.25. The monoisotopic (exact) mass is 189 g/mol. The summed E-state index contributed by atoms with van der Waals surface area (Å²) in [6.07, 6.45) is 5.32. The summed E-state index contributed by atoms with van der Waals surface area (Å²) in [4.78, 5) is 0. The molecule has 0 heterocycles. The maximum Gasteiger partial charge on any atom is -0.00486 e. The molecule has 0 unspecified atom stereocenters. The number of rotatable bonds is 2. The van der Waals surface area contributed by atoms with Crippen molar-refractivity contribution in [2.75, 3.05) is 6.54 Å². The van der Waals surface area contributed by atoms with Crippen molar-refractivity contribution in [3.05, 3.63) is 35.9 Å². The van der Waals surface area contributed by atoms with E-state index in [2.05, 4.69) is 30.3 Å². The zero-order chi connectivity index (χ0) is 9.80. The Bertz CT molecular complexity index is 268. The van der Waals surface area contributed by atoms with Crippen molar-refractivity contribution in [3.63, 3.8) is 0 Å². The van der Waals surface area contributed by atoms with Crippen molar-refractivity contribution >= 4 is 0 Å². The maximum atomic E-state index is 5.74. The molecule has 2 rings (SSSR count). The summed E-state index contributed by atoms with van der Waals surface area (Å²) in [5.74, 6) is 1.52. The Hall–Kier alpha value is -0.820. The molecule has 76 valence electrons. The first kappa shape index (κ1) is 9.72. The normalized spacial score (nSPS) is 27.5. The van der Waals surface area contributed by atoms with Gasteiger partial charge in [-0.1, -0.05) is 36.8 Å². The standard InChI is InChI=1S/C13H19N/c14-10-11-5-4-8-13(9-11)12-6-2-1-3-7-12/h1-3,6-7,11,13H,4-5,8-10,14H2/t11-,13-/m1/s1. The summed E-state index contributed by atoms with van der Waals surface area (Å²) in [7, 11) is 0. The van der Waals surface area contributed by atoms with E-state index in [0.717, 1.165) is 18.4 Å². The Morgan fingerprint density at radius 2 is 1.93 bits per heavy atom. The highest BCUT2D eigenvalue weighted by Crippen LogP contribution is 2.35. The number of nitrogens with two attached hydrogens (primary N) is 1. The fourth-order valence-electron chi connectivity index (χ4n) is 2.53. The lowest BCUT2D eigenvalue weighted by molar-refractivity contribution is 0.329. The van der Waals surface area contributed by atoms with Crippen molar-refractivity contribution in [2.24, 2.45) is 11.7 Å². The van der Waals surface area contributed by atoms with E-state index in [1.54, 1.807) is 0 Å². The van der Waals surface area contributed by atoms with Crippen molar-refractivity contribution in [1.82, 2.24) is 0 Å². The van der Waals surface area contributed by atoms with Gasteiger partial charge in [0.05, 0.1) is 0 Å². The van der Waals surface area contributed by atoms with Gasteiger partial charge in [0.1, 0.15) is 0 Å². The minimum absolute atomic E-state index is 0.758. The van der Waals surface area contributed by atoms with Gasteiger partial charge < -0.3 is 5.73 Å². The molecule has 0 spiro atoms. The molecule has 0 aromatic heterocycles. The summed E-state index contributed by atoms with van der Waals surface area (Å²) < 4.78 is 0. The van der Waals surface area contributed by atoms with Crippen molar-refractivity contribution in [2.45, 2.75) is 31.6 Å². The molecule has 1 nitrogen and oxygen atoms in total. The summed E-state index contributed by atoms with van der Waals surface area (Å²) in [6, 6.07) is 10.9. The van der Waals surface area contributed by atoms with Crippen molar-refractivity contribution in [1.29, 1.82) is 0 Å². The van der Waals surface area contributed by atoms with Gasteiger partial charge in [-0.15, -0.1) is 0 Å². The summed E-state index contributed by atoms with van der Waals surface area (Å²) in [5, 5.41) is 0. The molecule has 2 N–H and O–H groups in total. The quantitative estimate of drug-likeness (QED) is 0.760. The number of benzene rings is 1. The Balaban J connectivity index is 2.04. The van der Waals surface area contributed by atoms with E-state index in [0.29, 0.717) is 0 Å². The van der Waals surface area contributed by atoms with E-state index in [9.17, 15) is 0 Å². The van der Waals surface area contributed by atoms with Crippen LogP contribution >= 0.6 is 0 Å². The van der Waals surface area contributed by atoms with Gasteiger partial charge >= 0.3 is 0 Å². The molecule has 1 heteroatoms. The molecular weight excluding hydrogens is 170 g/mol.